The van der Waals surface area contributed by atoms with Gasteiger partial charge in [-0.25, -0.2) is 4.68 Å². The second-order valence-corrected chi connectivity index (χ2v) is 8.29. The lowest BCUT2D eigenvalue weighted by Gasteiger charge is -2.36. The molecule has 2 heterocycles. The first-order valence-electron chi connectivity index (χ1n) is 10.8. The summed E-state index contributed by atoms with van der Waals surface area (Å²) in [5.74, 6) is 0.0504. The smallest absolute Gasteiger partial charge is 0.368 e. The third-order valence-electron chi connectivity index (χ3n) is 6.11. The van der Waals surface area contributed by atoms with Crippen LogP contribution < -0.4 is 4.90 Å². The molecule has 32 heavy (non-hydrogen) atoms. The maximum Gasteiger partial charge on any atom is 0.416 e. The van der Waals surface area contributed by atoms with Crippen molar-refractivity contribution in [2.24, 2.45) is 0 Å². The van der Waals surface area contributed by atoms with E-state index in [4.69, 9.17) is 0 Å². The molecule has 5 rings (SSSR count). The summed E-state index contributed by atoms with van der Waals surface area (Å²) < 4.78 is 41.1. The molecule has 1 amide bonds. The number of hydrogen-bond donors (Lipinski definition) is 0. The summed E-state index contributed by atoms with van der Waals surface area (Å²) in [6.45, 7) is 2.64. The van der Waals surface area contributed by atoms with Gasteiger partial charge in [-0.2, -0.15) is 18.3 Å². The standard InChI is InChI=1S/C24H23F3N4O/c25-24(26,27)18-5-4-8-20(15-18)31-22(17-9-10-17)21(16-28-31)23(32)30-13-11-29(12-14-30)19-6-2-1-3-7-19/h1-8,15-17H,9-14H2. The van der Waals surface area contributed by atoms with Crippen molar-refractivity contribution in [3.63, 3.8) is 0 Å². The van der Waals surface area contributed by atoms with Gasteiger partial charge in [0.1, 0.15) is 0 Å². The van der Waals surface area contributed by atoms with Gasteiger partial charge in [0.25, 0.3) is 5.91 Å². The predicted molar refractivity (Wildman–Crippen MR) is 115 cm³/mol. The van der Waals surface area contributed by atoms with E-state index in [2.05, 4.69) is 22.1 Å². The van der Waals surface area contributed by atoms with Crippen LogP contribution >= 0.6 is 0 Å². The molecule has 0 unspecified atom stereocenters. The molecule has 8 heteroatoms. The fraction of sp³-hybridized carbons (Fsp3) is 0.333. The Bertz CT molecular complexity index is 1110. The molecule has 166 valence electrons. The van der Waals surface area contributed by atoms with Crippen LogP contribution in [-0.2, 0) is 6.18 Å². The summed E-state index contributed by atoms with van der Waals surface area (Å²) in [7, 11) is 0. The molecule has 1 aliphatic carbocycles. The van der Waals surface area contributed by atoms with E-state index in [1.807, 2.05) is 23.1 Å². The molecule has 2 fully saturated rings. The lowest BCUT2D eigenvalue weighted by molar-refractivity contribution is -0.137. The van der Waals surface area contributed by atoms with Gasteiger partial charge in [0, 0.05) is 37.8 Å². The lowest BCUT2D eigenvalue weighted by atomic mass is 10.1. The van der Waals surface area contributed by atoms with Gasteiger partial charge in [-0.15, -0.1) is 0 Å². The van der Waals surface area contributed by atoms with Gasteiger partial charge in [-0.1, -0.05) is 24.3 Å². The van der Waals surface area contributed by atoms with Gasteiger partial charge in [0.15, 0.2) is 0 Å². The van der Waals surface area contributed by atoms with E-state index < -0.39 is 11.7 Å². The molecule has 1 saturated carbocycles. The fourth-order valence-corrected chi connectivity index (χ4v) is 4.27. The molecule has 1 saturated heterocycles. The third-order valence-corrected chi connectivity index (χ3v) is 6.11. The summed E-state index contributed by atoms with van der Waals surface area (Å²) in [4.78, 5) is 17.4. The number of anilines is 1. The molecule has 0 bridgehead atoms. The zero-order chi connectivity index (χ0) is 22.3. The van der Waals surface area contributed by atoms with Crippen molar-refractivity contribution < 1.29 is 18.0 Å². The van der Waals surface area contributed by atoms with Gasteiger partial charge in [0.2, 0.25) is 0 Å². The Labute approximate surface area is 184 Å². The number of rotatable bonds is 4. The van der Waals surface area contributed by atoms with Crippen LogP contribution in [0, 0.1) is 0 Å². The van der Waals surface area contributed by atoms with Crippen LogP contribution in [0.25, 0.3) is 5.69 Å². The topological polar surface area (TPSA) is 41.4 Å². The molecule has 0 radical (unpaired) electrons. The SMILES string of the molecule is O=C(c1cnn(-c2cccc(C(F)(F)F)c2)c1C1CC1)N1CCN(c2ccccc2)CC1. The molecule has 0 N–H and O–H groups in total. The van der Waals surface area contributed by atoms with Crippen LogP contribution in [0.3, 0.4) is 0 Å². The normalized spacial score (nSPS) is 17.0. The zero-order valence-corrected chi connectivity index (χ0v) is 17.4. The number of alkyl halides is 3. The lowest BCUT2D eigenvalue weighted by Crippen LogP contribution is -2.48. The molecule has 2 aliphatic rings. The zero-order valence-electron chi connectivity index (χ0n) is 17.4. The van der Waals surface area contributed by atoms with Crippen molar-refractivity contribution >= 4 is 11.6 Å². The molecule has 2 aromatic carbocycles. The molecule has 1 aliphatic heterocycles. The highest BCUT2D eigenvalue weighted by Gasteiger charge is 2.36. The molecule has 0 atom stereocenters. The van der Waals surface area contributed by atoms with Crippen molar-refractivity contribution in [1.82, 2.24) is 14.7 Å². The highest BCUT2D eigenvalue weighted by Crippen LogP contribution is 2.43. The van der Waals surface area contributed by atoms with Crippen molar-refractivity contribution in [2.45, 2.75) is 24.9 Å². The molecular formula is C24H23F3N4O. The number of benzene rings is 2. The van der Waals surface area contributed by atoms with E-state index in [1.54, 1.807) is 6.07 Å². The van der Waals surface area contributed by atoms with Crippen molar-refractivity contribution in [2.75, 3.05) is 31.1 Å². The summed E-state index contributed by atoms with van der Waals surface area (Å²) in [6, 6.07) is 15.2. The second kappa shape index (κ2) is 8.00. The van der Waals surface area contributed by atoms with Crippen LogP contribution in [0.15, 0.2) is 60.8 Å². The molecule has 3 aromatic rings. The van der Waals surface area contributed by atoms with E-state index in [-0.39, 0.29) is 11.8 Å². The van der Waals surface area contributed by atoms with E-state index in [9.17, 15) is 18.0 Å². The number of para-hydroxylation sites is 1. The first-order chi connectivity index (χ1) is 15.4. The molecular weight excluding hydrogens is 417 g/mol. The monoisotopic (exact) mass is 440 g/mol. The molecule has 5 nitrogen and oxygen atoms in total. The number of amides is 1. The van der Waals surface area contributed by atoms with Crippen molar-refractivity contribution in [3.8, 4) is 5.69 Å². The highest BCUT2D eigenvalue weighted by atomic mass is 19.4. The Hall–Kier alpha value is -3.29. The maximum atomic E-state index is 13.3. The van der Waals surface area contributed by atoms with E-state index in [0.717, 1.165) is 49.4 Å². The first-order valence-corrected chi connectivity index (χ1v) is 10.8. The van der Waals surface area contributed by atoms with Crippen LogP contribution in [0.4, 0.5) is 18.9 Å². The summed E-state index contributed by atoms with van der Waals surface area (Å²) in [5, 5.41) is 4.34. The quantitative estimate of drug-likeness (QED) is 0.589. The Morgan fingerprint density at radius 2 is 1.59 bits per heavy atom. The minimum Gasteiger partial charge on any atom is -0.368 e. The van der Waals surface area contributed by atoms with E-state index in [0.29, 0.717) is 24.3 Å². The fourth-order valence-electron chi connectivity index (χ4n) is 4.27. The number of nitrogens with zero attached hydrogens (tertiary/aromatic N) is 4. The Kier molecular flexibility index (Phi) is 5.15. The minimum absolute atomic E-state index is 0.0992. The number of carbonyl (C=O) groups excluding carboxylic acids is 1. The third kappa shape index (κ3) is 3.97. The number of halogens is 3. The Balaban J connectivity index is 1.38. The maximum absolute atomic E-state index is 13.3. The molecule has 0 spiro atoms. The van der Waals surface area contributed by atoms with Crippen molar-refractivity contribution in [3.05, 3.63) is 77.6 Å². The number of aromatic nitrogens is 2. The first kappa shape index (κ1) is 20.6. The van der Waals surface area contributed by atoms with Gasteiger partial charge in [-0.3, -0.25) is 4.79 Å². The Morgan fingerprint density at radius 3 is 2.25 bits per heavy atom. The van der Waals surface area contributed by atoms with Crippen LogP contribution in [-0.4, -0.2) is 46.8 Å². The van der Waals surface area contributed by atoms with Gasteiger partial charge < -0.3 is 9.80 Å². The van der Waals surface area contributed by atoms with Crippen LogP contribution in [0.1, 0.15) is 40.4 Å². The average molecular weight is 440 g/mol. The number of piperazine rings is 1. The predicted octanol–water partition coefficient (Wildman–Crippen LogP) is 4.73. The van der Waals surface area contributed by atoms with Crippen LogP contribution in [0.5, 0.6) is 0 Å². The second-order valence-electron chi connectivity index (χ2n) is 8.29. The average Bonchev–Trinajstić information content (AvgIpc) is 3.56. The number of carbonyl (C=O) groups is 1. The summed E-state index contributed by atoms with van der Waals surface area (Å²) in [5.41, 5.74) is 1.96. The largest absolute Gasteiger partial charge is 0.416 e. The summed E-state index contributed by atoms with van der Waals surface area (Å²) >= 11 is 0. The summed E-state index contributed by atoms with van der Waals surface area (Å²) in [6.07, 6.45) is -1.10. The minimum atomic E-state index is -4.43. The van der Waals surface area contributed by atoms with E-state index >= 15 is 0 Å². The van der Waals surface area contributed by atoms with Crippen LogP contribution in [0.2, 0.25) is 0 Å². The number of hydrogen-bond acceptors (Lipinski definition) is 3. The van der Waals surface area contributed by atoms with Crippen molar-refractivity contribution in [1.29, 1.82) is 0 Å². The van der Waals surface area contributed by atoms with Gasteiger partial charge in [-0.05, 0) is 43.2 Å². The highest BCUT2D eigenvalue weighted by molar-refractivity contribution is 5.95. The molecule has 1 aromatic heterocycles. The van der Waals surface area contributed by atoms with Gasteiger partial charge in [0.05, 0.1) is 28.7 Å². The van der Waals surface area contributed by atoms with Gasteiger partial charge >= 0.3 is 6.18 Å². The van der Waals surface area contributed by atoms with E-state index in [1.165, 1.54) is 16.9 Å². The Morgan fingerprint density at radius 1 is 0.906 bits per heavy atom.